The predicted molar refractivity (Wildman–Crippen MR) is 61.8 cm³/mol. The van der Waals surface area contributed by atoms with Crippen molar-refractivity contribution in [1.29, 1.82) is 0 Å². The van der Waals surface area contributed by atoms with Crippen molar-refractivity contribution in [2.45, 2.75) is 6.92 Å². The summed E-state index contributed by atoms with van der Waals surface area (Å²) in [5.74, 6) is -0.101. The van der Waals surface area contributed by atoms with Gasteiger partial charge in [0.2, 0.25) is 5.91 Å². The third-order valence-electron chi connectivity index (χ3n) is 2.04. The van der Waals surface area contributed by atoms with E-state index in [9.17, 15) is 4.79 Å². The highest BCUT2D eigenvalue weighted by atomic mass is 16.1. The van der Waals surface area contributed by atoms with Crippen LogP contribution in [0.1, 0.15) is 6.92 Å². The Hall–Kier alpha value is -2.23. The normalized spacial score (nSPS) is 9.81. The van der Waals surface area contributed by atoms with Gasteiger partial charge < -0.3 is 5.32 Å². The monoisotopic (exact) mass is 213 g/mol. The molecule has 2 aromatic heterocycles. The van der Waals surface area contributed by atoms with E-state index in [1.165, 1.54) is 6.92 Å². The third kappa shape index (κ3) is 2.42. The van der Waals surface area contributed by atoms with Crippen molar-refractivity contribution in [2.75, 3.05) is 5.32 Å². The highest BCUT2D eigenvalue weighted by Gasteiger charge is 1.99. The summed E-state index contributed by atoms with van der Waals surface area (Å²) in [6, 6.07) is 7.46. The molecule has 0 aliphatic carbocycles. The molecule has 0 fully saturated rings. The fraction of sp³-hybridized carbons (Fsp3) is 0.0833. The van der Waals surface area contributed by atoms with Gasteiger partial charge in [-0.1, -0.05) is 0 Å². The number of rotatable bonds is 2. The topological polar surface area (TPSA) is 54.9 Å². The number of amides is 1. The van der Waals surface area contributed by atoms with Crippen molar-refractivity contribution in [1.82, 2.24) is 9.97 Å². The molecular formula is C12H11N3O. The minimum atomic E-state index is -0.101. The zero-order valence-electron chi connectivity index (χ0n) is 8.84. The Morgan fingerprint density at radius 2 is 2.12 bits per heavy atom. The number of nitrogens with zero attached hydrogens (tertiary/aromatic N) is 2. The average Bonchev–Trinajstić information content (AvgIpc) is 2.30. The fourth-order valence-electron chi connectivity index (χ4n) is 1.36. The number of anilines is 1. The lowest BCUT2D eigenvalue weighted by molar-refractivity contribution is -0.114. The van der Waals surface area contributed by atoms with Gasteiger partial charge in [-0.15, -0.1) is 0 Å². The van der Waals surface area contributed by atoms with E-state index in [-0.39, 0.29) is 5.91 Å². The van der Waals surface area contributed by atoms with Crippen molar-refractivity contribution in [3.63, 3.8) is 0 Å². The SMILES string of the molecule is CC(=O)Nc1ccc(-c2cccnc2)nc1. The van der Waals surface area contributed by atoms with Gasteiger partial charge in [0.05, 0.1) is 17.6 Å². The highest BCUT2D eigenvalue weighted by molar-refractivity contribution is 5.88. The Balaban J connectivity index is 2.23. The molecule has 0 radical (unpaired) electrons. The van der Waals surface area contributed by atoms with Gasteiger partial charge in [0.15, 0.2) is 0 Å². The van der Waals surface area contributed by atoms with Crippen LogP contribution in [0.2, 0.25) is 0 Å². The Morgan fingerprint density at radius 3 is 2.69 bits per heavy atom. The first kappa shape index (κ1) is 10.3. The molecule has 0 saturated heterocycles. The second-order valence-electron chi connectivity index (χ2n) is 3.36. The smallest absolute Gasteiger partial charge is 0.221 e. The van der Waals surface area contributed by atoms with Crippen LogP contribution in [-0.2, 0) is 4.79 Å². The van der Waals surface area contributed by atoms with Gasteiger partial charge in [-0.25, -0.2) is 0 Å². The van der Waals surface area contributed by atoms with Crippen LogP contribution in [0.3, 0.4) is 0 Å². The number of carbonyl (C=O) groups excluding carboxylic acids is 1. The molecule has 0 saturated carbocycles. The van der Waals surface area contributed by atoms with Crippen molar-refractivity contribution in [3.05, 3.63) is 42.9 Å². The molecule has 2 rings (SSSR count). The number of aromatic nitrogens is 2. The Labute approximate surface area is 93.4 Å². The zero-order chi connectivity index (χ0) is 11.4. The van der Waals surface area contributed by atoms with Gasteiger partial charge in [0.25, 0.3) is 0 Å². The quantitative estimate of drug-likeness (QED) is 0.831. The predicted octanol–water partition coefficient (Wildman–Crippen LogP) is 2.10. The third-order valence-corrected chi connectivity index (χ3v) is 2.04. The summed E-state index contributed by atoms with van der Waals surface area (Å²) < 4.78 is 0. The first-order chi connectivity index (χ1) is 7.75. The molecule has 0 aliphatic heterocycles. The molecule has 0 atom stereocenters. The maximum absolute atomic E-state index is 10.8. The number of nitrogens with one attached hydrogen (secondary N) is 1. The molecule has 0 unspecified atom stereocenters. The molecule has 1 amide bonds. The summed E-state index contributed by atoms with van der Waals surface area (Å²) in [5, 5.41) is 2.67. The minimum absolute atomic E-state index is 0.101. The average molecular weight is 213 g/mol. The van der Waals surface area contributed by atoms with Crippen LogP contribution in [0, 0.1) is 0 Å². The summed E-state index contributed by atoms with van der Waals surface area (Å²) >= 11 is 0. The number of carbonyl (C=O) groups is 1. The van der Waals surface area contributed by atoms with Crippen molar-refractivity contribution >= 4 is 11.6 Å². The largest absolute Gasteiger partial charge is 0.325 e. The maximum atomic E-state index is 10.8. The molecule has 1 N–H and O–H groups in total. The number of hydrogen-bond donors (Lipinski definition) is 1. The lowest BCUT2D eigenvalue weighted by atomic mass is 10.2. The summed E-state index contributed by atoms with van der Waals surface area (Å²) in [5.41, 5.74) is 2.49. The van der Waals surface area contributed by atoms with Gasteiger partial charge in [-0.05, 0) is 24.3 Å². The van der Waals surface area contributed by atoms with Gasteiger partial charge >= 0.3 is 0 Å². The molecular weight excluding hydrogens is 202 g/mol. The van der Waals surface area contributed by atoms with Gasteiger partial charge in [0.1, 0.15) is 0 Å². The van der Waals surface area contributed by atoms with E-state index >= 15 is 0 Å². The van der Waals surface area contributed by atoms with Crippen molar-refractivity contribution in [2.24, 2.45) is 0 Å². The van der Waals surface area contributed by atoms with Crippen LogP contribution in [-0.4, -0.2) is 15.9 Å². The van der Waals surface area contributed by atoms with E-state index < -0.39 is 0 Å². The molecule has 0 bridgehead atoms. The van der Waals surface area contributed by atoms with E-state index in [4.69, 9.17) is 0 Å². The minimum Gasteiger partial charge on any atom is -0.325 e. The second-order valence-corrected chi connectivity index (χ2v) is 3.36. The second kappa shape index (κ2) is 4.53. The number of hydrogen-bond acceptors (Lipinski definition) is 3. The summed E-state index contributed by atoms with van der Waals surface area (Å²) in [6.07, 6.45) is 5.10. The van der Waals surface area contributed by atoms with Crippen molar-refractivity contribution in [3.8, 4) is 11.3 Å². The summed E-state index contributed by atoms with van der Waals surface area (Å²) in [4.78, 5) is 19.1. The molecule has 0 aromatic carbocycles. The van der Waals surface area contributed by atoms with Crippen LogP contribution in [0.4, 0.5) is 5.69 Å². The van der Waals surface area contributed by atoms with E-state index in [0.29, 0.717) is 5.69 Å². The van der Waals surface area contributed by atoms with E-state index in [1.54, 1.807) is 18.6 Å². The Kier molecular flexibility index (Phi) is 2.91. The van der Waals surface area contributed by atoms with Gasteiger partial charge in [-0.3, -0.25) is 14.8 Å². The lowest BCUT2D eigenvalue weighted by Gasteiger charge is -2.03. The van der Waals surface area contributed by atoms with E-state index in [2.05, 4.69) is 15.3 Å². The van der Waals surface area contributed by atoms with Crippen LogP contribution in [0.5, 0.6) is 0 Å². The fourth-order valence-corrected chi connectivity index (χ4v) is 1.36. The highest BCUT2D eigenvalue weighted by Crippen LogP contribution is 2.16. The molecule has 2 aromatic rings. The molecule has 0 aliphatic rings. The molecule has 4 nitrogen and oxygen atoms in total. The first-order valence-corrected chi connectivity index (χ1v) is 4.90. The van der Waals surface area contributed by atoms with Crippen LogP contribution in [0.15, 0.2) is 42.9 Å². The standard InChI is InChI=1S/C12H11N3O/c1-9(16)15-11-4-5-12(14-8-11)10-3-2-6-13-7-10/h2-8H,1H3,(H,15,16). The van der Waals surface area contributed by atoms with Crippen LogP contribution >= 0.6 is 0 Å². The molecule has 4 heteroatoms. The lowest BCUT2D eigenvalue weighted by Crippen LogP contribution is -2.05. The summed E-state index contributed by atoms with van der Waals surface area (Å²) in [6.45, 7) is 1.47. The molecule has 0 spiro atoms. The van der Waals surface area contributed by atoms with E-state index in [0.717, 1.165) is 11.3 Å². The van der Waals surface area contributed by atoms with E-state index in [1.807, 2.05) is 24.3 Å². The number of pyridine rings is 2. The zero-order valence-corrected chi connectivity index (χ0v) is 8.84. The van der Waals surface area contributed by atoms with Crippen molar-refractivity contribution < 1.29 is 4.79 Å². The van der Waals surface area contributed by atoms with Crippen LogP contribution < -0.4 is 5.32 Å². The summed E-state index contributed by atoms with van der Waals surface area (Å²) in [7, 11) is 0. The maximum Gasteiger partial charge on any atom is 0.221 e. The molecule has 16 heavy (non-hydrogen) atoms. The Morgan fingerprint density at radius 1 is 1.25 bits per heavy atom. The van der Waals surface area contributed by atoms with Gasteiger partial charge in [0, 0.05) is 24.9 Å². The van der Waals surface area contributed by atoms with Gasteiger partial charge in [-0.2, -0.15) is 0 Å². The molecule has 2 heterocycles. The Bertz CT molecular complexity index is 479. The first-order valence-electron chi connectivity index (χ1n) is 4.90. The molecule has 80 valence electrons. The van der Waals surface area contributed by atoms with Crippen LogP contribution in [0.25, 0.3) is 11.3 Å².